The van der Waals surface area contributed by atoms with Gasteiger partial charge in [0, 0.05) is 23.9 Å². The van der Waals surface area contributed by atoms with E-state index in [-0.39, 0.29) is 0 Å². The van der Waals surface area contributed by atoms with Gasteiger partial charge in [-0.1, -0.05) is 6.07 Å². The van der Waals surface area contributed by atoms with Crippen molar-refractivity contribution >= 4 is 10.9 Å². The molecule has 1 heterocycles. The predicted octanol–water partition coefficient (Wildman–Crippen LogP) is 2.70. The molecule has 3 nitrogen and oxygen atoms in total. The number of hydrogen-bond donors (Lipinski definition) is 0. The molecule has 0 fully saturated rings. The Morgan fingerprint density at radius 2 is 2.19 bits per heavy atom. The van der Waals surface area contributed by atoms with E-state index in [0.717, 1.165) is 22.3 Å². The van der Waals surface area contributed by atoms with Crippen molar-refractivity contribution in [1.82, 2.24) is 4.98 Å². The first-order valence-corrected chi connectivity index (χ1v) is 5.14. The summed E-state index contributed by atoms with van der Waals surface area (Å²) in [4.78, 5) is 4.48. The molecule has 0 aliphatic carbocycles. The molecular formula is C13H12N2O. The van der Waals surface area contributed by atoms with Gasteiger partial charge in [0.1, 0.15) is 5.75 Å². The Hall–Kier alpha value is -2.08. The number of ether oxygens (including phenoxy) is 1. The van der Waals surface area contributed by atoms with E-state index in [1.807, 2.05) is 30.3 Å². The van der Waals surface area contributed by atoms with Crippen molar-refractivity contribution < 1.29 is 4.74 Å². The minimum absolute atomic E-state index is 0.509. The van der Waals surface area contributed by atoms with Crippen LogP contribution in [0.2, 0.25) is 0 Å². The number of benzene rings is 1. The van der Waals surface area contributed by atoms with Gasteiger partial charge in [-0.05, 0) is 24.3 Å². The van der Waals surface area contributed by atoms with Crippen LogP contribution < -0.4 is 4.74 Å². The summed E-state index contributed by atoms with van der Waals surface area (Å²) in [5, 5.41) is 9.57. The van der Waals surface area contributed by atoms with Crippen molar-refractivity contribution in [2.24, 2.45) is 0 Å². The highest BCUT2D eigenvalue weighted by Gasteiger charge is 2.00. The van der Waals surface area contributed by atoms with Gasteiger partial charge in [-0.3, -0.25) is 4.98 Å². The summed E-state index contributed by atoms with van der Waals surface area (Å²) in [7, 11) is 1.65. The second-order valence-corrected chi connectivity index (χ2v) is 3.52. The van der Waals surface area contributed by atoms with Crippen molar-refractivity contribution in [2.75, 3.05) is 7.11 Å². The summed E-state index contributed by atoms with van der Waals surface area (Å²) in [6.45, 7) is 0. The summed E-state index contributed by atoms with van der Waals surface area (Å²) in [5.41, 5.74) is 1.90. The van der Waals surface area contributed by atoms with Crippen LogP contribution in [0.3, 0.4) is 0 Å². The van der Waals surface area contributed by atoms with Gasteiger partial charge in [0.2, 0.25) is 0 Å². The van der Waals surface area contributed by atoms with Crippen LogP contribution in [0.5, 0.6) is 5.75 Å². The molecule has 0 amide bonds. The average molecular weight is 212 g/mol. The van der Waals surface area contributed by atoms with Crippen LogP contribution in [0.15, 0.2) is 30.3 Å². The van der Waals surface area contributed by atoms with Gasteiger partial charge in [0.25, 0.3) is 0 Å². The fourth-order valence-electron chi connectivity index (χ4n) is 1.60. The minimum Gasteiger partial charge on any atom is -0.497 e. The molecule has 0 aliphatic heterocycles. The number of nitriles is 1. The SMILES string of the molecule is COc1ccc2nc(CCC#N)ccc2c1. The maximum atomic E-state index is 8.51. The Kier molecular flexibility index (Phi) is 3.02. The molecule has 3 heteroatoms. The fourth-order valence-corrected chi connectivity index (χ4v) is 1.60. The second kappa shape index (κ2) is 4.63. The zero-order chi connectivity index (χ0) is 11.4. The molecule has 0 spiro atoms. The molecule has 0 unspecified atom stereocenters. The smallest absolute Gasteiger partial charge is 0.119 e. The summed E-state index contributed by atoms with van der Waals surface area (Å²) < 4.78 is 5.15. The maximum Gasteiger partial charge on any atom is 0.119 e. The van der Waals surface area contributed by atoms with E-state index in [1.165, 1.54) is 0 Å². The third-order valence-corrected chi connectivity index (χ3v) is 2.45. The second-order valence-electron chi connectivity index (χ2n) is 3.52. The molecule has 16 heavy (non-hydrogen) atoms. The summed E-state index contributed by atoms with van der Waals surface area (Å²) in [6.07, 6.45) is 1.22. The van der Waals surface area contributed by atoms with Gasteiger partial charge in [0.05, 0.1) is 18.7 Å². The Morgan fingerprint density at radius 1 is 1.31 bits per heavy atom. The van der Waals surface area contributed by atoms with Gasteiger partial charge in [0.15, 0.2) is 0 Å². The van der Waals surface area contributed by atoms with Crippen molar-refractivity contribution in [1.29, 1.82) is 5.26 Å². The topological polar surface area (TPSA) is 45.9 Å². The third kappa shape index (κ3) is 2.12. The molecule has 1 aromatic heterocycles. The number of methoxy groups -OCH3 is 1. The molecule has 0 saturated heterocycles. The van der Waals surface area contributed by atoms with E-state index >= 15 is 0 Å². The van der Waals surface area contributed by atoms with E-state index in [9.17, 15) is 0 Å². The van der Waals surface area contributed by atoms with Crippen LogP contribution in [0, 0.1) is 11.3 Å². The lowest BCUT2D eigenvalue weighted by atomic mass is 10.1. The van der Waals surface area contributed by atoms with E-state index in [0.29, 0.717) is 12.8 Å². The lowest BCUT2D eigenvalue weighted by Crippen LogP contribution is -1.90. The number of fused-ring (bicyclic) bond motifs is 1. The van der Waals surface area contributed by atoms with Gasteiger partial charge in [-0.2, -0.15) is 5.26 Å². The highest BCUT2D eigenvalue weighted by Crippen LogP contribution is 2.19. The van der Waals surface area contributed by atoms with Crippen LogP contribution in [0.1, 0.15) is 12.1 Å². The molecule has 0 saturated carbocycles. The average Bonchev–Trinajstić information content (AvgIpc) is 2.35. The van der Waals surface area contributed by atoms with Crippen LogP contribution in [0.25, 0.3) is 10.9 Å². The van der Waals surface area contributed by atoms with Crippen LogP contribution in [0.4, 0.5) is 0 Å². The van der Waals surface area contributed by atoms with E-state index in [1.54, 1.807) is 7.11 Å². The molecule has 0 N–H and O–H groups in total. The zero-order valence-electron chi connectivity index (χ0n) is 9.10. The molecule has 0 aliphatic rings. The normalized spacial score (nSPS) is 10.0. The molecule has 80 valence electrons. The van der Waals surface area contributed by atoms with E-state index < -0.39 is 0 Å². The quantitative estimate of drug-likeness (QED) is 0.785. The fraction of sp³-hybridized carbons (Fsp3) is 0.231. The molecule has 0 bridgehead atoms. The van der Waals surface area contributed by atoms with E-state index in [4.69, 9.17) is 10.00 Å². The summed E-state index contributed by atoms with van der Waals surface area (Å²) in [5.74, 6) is 0.832. The molecular weight excluding hydrogens is 200 g/mol. The first-order valence-electron chi connectivity index (χ1n) is 5.14. The molecule has 1 aromatic carbocycles. The highest BCUT2D eigenvalue weighted by atomic mass is 16.5. The predicted molar refractivity (Wildman–Crippen MR) is 62.2 cm³/mol. The Labute approximate surface area is 94.3 Å². The number of nitrogens with zero attached hydrogens (tertiary/aromatic N) is 2. The number of pyridine rings is 1. The molecule has 0 radical (unpaired) electrons. The number of aromatic nitrogens is 1. The van der Waals surface area contributed by atoms with E-state index in [2.05, 4.69) is 11.1 Å². The third-order valence-electron chi connectivity index (χ3n) is 2.45. The Balaban J connectivity index is 2.36. The van der Waals surface area contributed by atoms with Crippen molar-refractivity contribution in [3.05, 3.63) is 36.0 Å². The Bertz CT molecular complexity index is 543. The van der Waals surface area contributed by atoms with Gasteiger partial charge >= 0.3 is 0 Å². The largest absolute Gasteiger partial charge is 0.497 e. The standard InChI is InChI=1S/C13H12N2O/c1-16-12-6-7-13-10(9-12)4-5-11(15-13)3-2-8-14/h4-7,9H,2-3H2,1H3. The maximum absolute atomic E-state index is 8.51. The van der Waals surface area contributed by atoms with Crippen molar-refractivity contribution in [2.45, 2.75) is 12.8 Å². The van der Waals surface area contributed by atoms with Crippen molar-refractivity contribution in [3.8, 4) is 11.8 Å². The highest BCUT2D eigenvalue weighted by molar-refractivity contribution is 5.80. The molecule has 2 rings (SSSR count). The van der Waals surface area contributed by atoms with Crippen LogP contribution >= 0.6 is 0 Å². The first-order chi connectivity index (χ1) is 7.83. The number of aryl methyl sites for hydroxylation is 1. The lowest BCUT2D eigenvalue weighted by Gasteiger charge is -2.03. The van der Waals surface area contributed by atoms with Gasteiger partial charge < -0.3 is 4.74 Å². The Morgan fingerprint density at radius 3 is 2.94 bits per heavy atom. The lowest BCUT2D eigenvalue weighted by molar-refractivity contribution is 0.415. The molecule has 0 atom stereocenters. The minimum atomic E-state index is 0.509. The molecule has 2 aromatic rings. The van der Waals surface area contributed by atoms with Gasteiger partial charge in [-0.15, -0.1) is 0 Å². The van der Waals surface area contributed by atoms with Crippen molar-refractivity contribution in [3.63, 3.8) is 0 Å². The first kappa shape index (κ1) is 10.4. The van der Waals surface area contributed by atoms with Crippen LogP contribution in [-0.2, 0) is 6.42 Å². The monoisotopic (exact) mass is 212 g/mol. The zero-order valence-corrected chi connectivity index (χ0v) is 9.10. The van der Waals surface area contributed by atoms with Crippen LogP contribution in [-0.4, -0.2) is 12.1 Å². The number of hydrogen-bond acceptors (Lipinski definition) is 3. The summed E-state index contributed by atoms with van der Waals surface area (Å²) >= 11 is 0. The summed E-state index contributed by atoms with van der Waals surface area (Å²) in [6, 6.07) is 11.9. The van der Waals surface area contributed by atoms with Gasteiger partial charge in [-0.25, -0.2) is 0 Å². The number of rotatable bonds is 3.